The summed E-state index contributed by atoms with van der Waals surface area (Å²) >= 11 is 5.93. The second-order valence-electron chi connectivity index (χ2n) is 7.30. The molecule has 0 atom stereocenters. The Labute approximate surface area is 184 Å². The van der Waals surface area contributed by atoms with Crippen molar-refractivity contribution in [2.75, 3.05) is 11.9 Å². The molecule has 1 aromatic heterocycles. The molecule has 4 rings (SSSR count). The van der Waals surface area contributed by atoms with Crippen LogP contribution in [0.4, 0.5) is 5.69 Å². The molecule has 1 amide bonds. The van der Waals surface area contributed by atoms with E-state index in [9.17, 15) is 9.59 Å². The number of ether oxygens (including phenoxy) is 1. The van der Waals surface area contributed by atoms with Crippen LogP contribution in [-0.4, -0.2) is 18.3 Å². The van der Waals surface area contributed by atoms with Crippen LogP contribution in [0.5, 0.6) is 5.75 Å². The number of aryl methyl sites for hydroxylation is 2. The van der Waals surface area contributed by atoms with Gasteiger partial charge in [0.05, 0.1) is 5.69 Å². The molecule has 0 saturated carbocycles. The number of nitrogens with one attached hydrogen (secondary N) is 1. The Hall–Kier alpha value is -3.57. The van der Waals surface area contributed by atoms with Gasteiger partial charge in [0.1, 0.15) is 11.3 Å². The van der Waals surface area contributed by atoms with Crippen molar-refractivity contribution >= 4 is 39.9 Å². The summed E-state index contributed by atoms with van der Waals surface area (Å²) in [7, 11) is 0. The fourth-order valence-corrected chi connectivity index (χ4v) is 3.53. The van der Waals surface area contributed by atoms with E-state index in [1.807, 2.05) is 38.1 Å². The van der Waals surface area contributed by atoms with Crippen LogP contribution in [0, 0.1) is 13.8 Å². The zero-order valence-corrected chi connectivity index (χ0v) is 17.8. The quantitative estimate of drug-likeness (QED) is 0.381. The number of hydrogen-bond donors (Lipinski definition) is 1. The summed E-state index contributed by atoms with van der Waals surface area (Å²) in [6.07, 6.45) is 0. The molecule has 6 heteroatoms. The van der Waals surface area contributed by atoms with Crippen LogP contribution >= 0.6 is 11.6 Å². The predicted molar refractivity (Wildman–Crippen MR) is 121 cm³/mol. The highest BCUT2D eigenvalue weighted by atomic mass is 35.5. The first-order valence-corrected chi connectivity index (χ1v) is 10.1. The Morgan fingerprint density at radius 1 is 0.968 bits per heavy atom. The van der Waals surface area contributed by atoms with Crippen LogP contribution in [0.3, 0.4) is 0 Å². The molecule has 5 nitrogen and oxygen atoms in total. The molecule has 0 aliphatic rings. The normalized spacial score (nSPS) is 10.8. The van der Waals surface area contributed by atoms with Gasteiger partial charge in [-0.15, -0.1) is 0 Å². The van der Waals surface area contributed by atoms with Gasteiger partial charge in [0.25, 0.3) is 5.91 Å². The summed E-state index contributed by atoms with van der Waals surface area (Å²) in [5, 5.41) is 3.96. The molecule has 0 radical (unpaired) electrons. The highest BCUT2D eigenvalue weighted by molar-refractivity contribution is 6.30. The minimum atomic E-state index is -0.393. The first kappa shape index (κ1) is 20.7. The van der Waals surface area contributed by atoms with Crippen molar-refractivity contribution in [2.45, 2.75) is 13.8 Å². The number of furan rings is 1. The van der Waals surface area contributed by atoms with Crippen LogP contribution in [0.1, 0.15) is 27.2 Å². The van der Waals surface area contributed by atoms with Crippen LogP contribution in [0.2, 0.25) is 5.02 Å². The number of benzene rings is 3. The van der Waals surface area contributed by atoms with E-state index < -0.39 is 5.91 Å². The van der Waals surface area contributed by atoms with Crippen molar-refractivity contribution in [3.8, 4) is 5.75 Å². The van der Waals surface area contributed by atoms with E-state index in [4.69, 9.17) is 20.8 Å². The lowest BCUT2D eigenvalue weighted by atomic mass is 10.1. The summed E-state index contributed by atoms with van der Waals surface area (Å²) in [4.78, 5) is 25.7. The molecular weight excluding hydrogens is 414 g/mol. The standard InChI is InChI=1S/C25H20ClNO4/c1-15-11-16(2)13-19(12-15)30-14-22(28)27-23-20-5-3-4-6-21(20)31-25(23)24(29)17-7-9-18(26)10-8-17/h3-13H,14H2,1-2H3,(H,27,28). The minimum Gasteiger partial charge on any atom is -0.484 e. The fraction of sp³-hybridized carbons (Fsp3) is 0.120. The molecule has 3 aromatic carbocycles. The molecule has 31 heavy (non-hydrogen) atoms. The number of carbonyl (C=O) groups is 2. The smallest absolute Gasteiger partial charge is 0.262 e. The molecule has 0 spiro atoms. The monoisotopic (exact) mass is 433 g/mol. The summed E-state index contributed by atoms with van der Waals surface area (Å²) in [5.41, 5.74) is 3.33. The van der Waals surface area contributed by atoms with E-state index in [-0.39, 0.29) is 18.2 Å². The van der Waals surface area contributed by atoms with Gasteiger partial charge in [-0.05, 0) is 73.5 Å². The minimum absolute atomic E-state index is 0.0586. The van der Waals surface area contributed by atoms with Crippen molar-refractivity contribution in [1.29, 1.82) is 0 Å². The first-order chi connectivity index (χ1) is 14.9. The largest absolute Gasteiger partial charge is 0.484 e. The number of ketones is 1. The molecule has 0 bridgehead atoms. The number of fused-ring (bicyclic) bond motifs is 1. The van der Waals surface area contributed by atoms with Gasteiger partial charge in [0.2, 0.25) is 5.78 Å². The van der Waals surface area contributed by atoms with Crippen molar-refractivity contribution < 1.29 is 18.7 Å². The zero-order chi connectivity index (χ0) is 22.0. The number of halogens is 1. The van der Waals surface area contributed by atoms with Crippen LogP contribution in [0.25, 0.3) is 11.0 Å². The lowest BCUT2D eigenvalue weighted by Crippen LogP contribution is -2.21. The third kappa shape index (κ3) is 4.62. The number of rotatable bonds is 6. The molecule has 0 fully saturated rings. The average Bonchev–Trinajstić information content (AvgIpc) is 3.10. The van der Waals surface area contributed by atoms with Crippen LogP contribution in [0.15, 0.2) is 71.1 Å². The lowest BCUT2D eigenvalue weighted by molar-refractivity contribution is -0.118. The maximum atomic E-state index is 13.1. The summed E-state index contributed by atoms with van der Waals surface area (Å²) in [6.45, 7) is 3.73. The van der Waals surface area contributed by atoms with Crippen molar-refractivity contribution in [3.63, 3.8) is 0 Å². The molecule has 0 aliphatic carbocycles. The number of para-hydroxylation sites is 1. The van der Waals surface area contributed by atoms with Crippen LogP contribution in [-0.2, 0) is 4.79 Å². The van der Waals surface area contributed by atoms with E-state index in [0.29, 0.717) is 33.0 Å². The Kier molecular flexibility index (Phi) is 5.78. The third-order valence-corrected chi connectivity index (χ3v) is 4.99. The molecular formula is C25H20ClNO4. The van der Waals surface area contributed by atoms with E-state index in [1.165, 1.54) is 0 Å². The molecule has 156 valence electrons. The van der Waals surface area contributed by atoms with E-state index in [2.05, 4.69) is 5.32 Å². The summed E-state index contributed by atoms with van der Waals surface area (Å²) in [5.74, 6) is -0.0697. The summed E-state index contributed by atoms with van der Waals surface area (Å²) < 4.78 is 11.4. The van der Waals surface area contributed by atoms with Crippen molar-refractivity contribution in [3.05, 3.63) is 94.2 Å². The van der Waals surface area contributed by atoms with E-state index in [0.717, 1.165) is 11.1 Å². The SMILES string of the molecule is Cc1cc(C)cc(OCC(=O)Nc2c(C(=O)c3ccc(Cl)cc3)oc3ccccc23)c1. The van der Waals surface area contributed by atoms with Gasteiger partial charge in [-0.25, -0.2) is 0 Å². The second-order valence-corrected chi connectivity index (χ2v) is 7.74. The van der Waals surface area contributed by atoms with Crippen molar-refractivity contribution in [1.82, 2.24) is 0 Å². The van der Waals surface area contributed by atoms with E-state index >= 15 is 0 Å². The Bertz CT molecular complexity index is 1250. The van der Waals surface area contributed by atoms with Gasteiger partial charge in [-0.2, -0.15) is 0 Å². The van der Waals surface area contributed by atoms with Gasteiger partial charge in [-0.1, -0.05) is 29.8 Å². The zero-order valence-electron chi connectivity index (χ0n) is 17.1. The first-order valence-electron chi connectivity index (χ1n) is 9.73. The van der Waals surface area contributed by atoms with E-state index in [1.54, 1.807) is 42.5 Å². The number of hydrogen-bond acceptors (Lipinski definition) is 4. The maximum absolute atomic E-state index is 13.1. The molecule has 1 heterocycles. The van der Waals surface area contributed by atoms with Gasteiger partial charge in [-0.3, -0.25) is 9.59 Å². The highest BCUT2D eigenvalue weighted by Gasteiger charge is 2.23. The Morgan fingerprint density at radius 2 is 1.65 bits per heavy atom. The van der Waals surface area contributed by atoms with Gasteiger partial charge >= 0.3 is 0 Å². The van der Waals surface area contributed by atoms with Gasteiger partial charge in [0.15, 0.2) is 12.4 Å². The Morgan fingerprint density at radius 3 is 2.35 bits per heavy atom. The van der Waals surface area contributed by atoms with Gasteiger partial charge < -0.3 is 14.5 Å². The lowest BCUT2D eigenvalue weighted by Gasteiger charge is -2.09. The topological polar surface area (TPSA) is 68.5 Å². The van der Waals surface area contributed by atoms with Gasteiger partial charge in [0, 0.05) is 16.0 Å². The van der Waals surface area contributed by atoms with Crippen LogP contribution < -0.4 is 10.1 Å². The Balaban J connectivity index is 1.60. The second kappa shape index (κ2) is 8.66. The number of carbonyl (C=O) groups excluding carboxylic acids is 2. The molecule has 0 unspecified atom stereocenters. The van der Waals surface area contributed by atoms with Crippen molar-refractivity contribution in [2.24, 2.45) is 0 Å². The fourth-order valence-electron chi connectivity index (χ4n) is 3.40. The average molecular weight is 434 g/mol. The number of amides is 1. The maximum Gasteiger partial charge on any atom is 0.262 e. The third-order valence-electron chi connectivity index (χ3n) is 4.74. The molecule has 0 aliphatic heterocycles. The molecule has 4 aromatic rings. The summed E-state index contributed by atoms with van der Waals surface area (Å²) in [6, 6.07) is 19.4. The highest BCUT2D eigenvalue weighted by Crippen LogP contribution is 2.32. The molecule has 0 saturated heterocycles. The predicted octanol–water partition coefficient (Wildman–Crippen LogP) is 5.95. The molecule has 1 N–H and O–H groups in total. The number of anilines is 1.